The first-order chi connectivity index (χ1) is 9.89. The van der Waals surface area contributed by atoms with Gasteiger partial charge >= 0.3 is 6.03 Å². The molecule has 1 N–H and O–H groups in total. The Morgan fingerprint density at radius 2 is 1.81 bits per heavy atom. The number of carbonyl (C=O) groups is 2. The molecule has 1 aromatic rings. The average Bonchev–Trinajstić information content (AvgIpc) is 2.83. The van der Waals surface area contributed by atoms with Crippen molar-refractivity contribution in [3.05, 3.63) is 27.7 Å². The smallest absolute Gasteiger partial charge is 0.288 e. The first-order valence-electron chi connectivity index (χ1n) is 7.20. The number of rotatable bonds is 3. The predicted molar refractivity (Wildman–Crippen MR) is 87.6 cm³/mol. The van der Waals surface area contributed by atoms with Crippen molar-refractivity contribution >= 4 is 34.1 Å². The second-order valence-corrected chi connectivity index (χ2v) is 6.79. The fourth-order valence-corrected chi connectivity index (χ4v) is 3.43. The lowest BCUT2D eigenvalue weighted by Gasteiger charge is -2.38. The zero-order valence-electron chi connectivity index (χ0n) is 12.7. The summed E-state index contributed by atoms with van der Waals surface area (Å²) >= 11 is 3.55. The third-order valence-corrected chi connectivity index (χ3v) is 5.54. The van der Waals surface area contributed by atoms with Gasteiger partial charge in [0.05, 0.1) is 0 Å². The van der Waals surface area contributed by atoms with Crippen LogP contribution in [0.4, 0.5) is 10.5 Å². The van der Waals surface area contributed by atoms with E-state index in [0.29, 0.717) is 6.41 Å². The Balaban J connectivity index is 2.49. The van der Waals surface area contributed by atoms with Crippen LogP contribution in [0, 0.1) is 13.8 Å². The van der Waals surface area contributed by atoms with E-state index in [0.717, 1.165) is 47.0 Å². The van der Waals surface area contributed by atoms with Gasteiger partial charge in [-0.05, 0) is 56.9 Å². The monoisotopic (exact) mass is 352 g/mol. The van der Waals surface area contributed by atoms with Gasteiger partial charge in [0.2, 0.25) is 6.41 Å². The molecule has 0 aliphatic heterocycles. The summed E-state index contributed by atoms with van der Waals surface area (Å²) in [5.41, 5.74) is 2.77. The highest BCUT2D eigenvalue weighted by Crippen LogP contribution is 2.39. The van der Waals surface area contributed by atoms with Gasteiger partial charge in [-0.15, -0.1) is 0 Å². The van der Waals surface area contributed by atoms with Gasteiger partial charge in [0.1, 0.15) is 0 Å². The Hall–Kier alpha value is -1.36. The van der Waals surface area contributed by atoms with Gasteiger partial charge < -0.3 is 0 Å². The summed E-state index contributed by atoms with van der Waals surface area (Å²) in [6, 6.07) is 3.63. The maximum Gasteiger partial charge on any atom is 0.328 e. The highest BCUT2D eigenvalue weighted by molar-refractivity contribution is 9.10. The largest absolute Gasteiger partial charge is 0.328 e. The standard InChI is InChI=1S/C16H21BrN2O2/c1-11-8-13(9-12(2)14(11)17)19(15(21)18-10-20)16(3)6-4-5-7-16/h8-10H,4-7H2,1-3H3,(H,18,20,21). The molecule has 1 fully saturated rings. The summed E-state index contributed by atoms with van der Waals surface area (Å²) in [4.78, 5) is 24.9. The Bertz CT molecular complexity index is 542. The lowest BCUT2D eigenvalue weighted by molar-refractivity contribution is -0.108. The zero-order chi connectivity index (χ0) is 15.6. The summed E-state index contributed by atoms with van der Waals surface area (Å²) in [6.07, 6.45) is 4.57. The number of aryl methyl sites for hydroxylation is 2. The quantitative estimate of drug-likeness (QED) is 0.833. The van der Waals surface area contributed by atoms with Crippen LogP contribution in [0.15, 0.2) is 16.6 Å². The van der Waals surface area contributed by atoms with Crippen molar-refractivity contribution < 1.29 is 9.59 Å². The number of hydrogen-bond donors (Lipinski definition) is 1. The first kappa shape index (κ1) is 16.0. The molecule has 0 heterocycles. The molecule has 0 atom stereocenters. The minimum Gasteiger partial charge on any atom is -0.288 e. The van der Waals surface area contributed by atoms with Crippen LogP contribution in [0.2, 0.25) is 0 Å². The topological polar surface area (TPSA) is 49.4 Å². The van der Waals surface area contributed by atoms with Crippen LogP contribution in [0.3, 0.4) is 0 Å². The molecular weight excluding hydrogens is 332 g/mol. The van der Waals surface area contributed by atoms with Crippen LogP contribution < -0.4 is 10.2 Å². The van der Waals surface area contributed by atoms with E-state index >= 15 is 0 Å². The Morgan fingerprint density at radius 1 is 1.29 bits per heavy atom. The summed E-state index contributed by atoms with van der Waals surface area (Å²) in [5, 5.41) is 2.29. The van der Waals surface area contributed by atoms with Gasteiger partial charge in [-0.25, -0.2) is 4.79 Å². The second kappa shape index (κ2) is 6.18. The molecule has 21 heavy (non-hydrogen) atoms. The van der Waals surface area contributed by atoms with E-state index in [4.69, 9.17) is 0 Å². The maximum atomic E-state index is 12.4. The minimum absolute atomic E-state index is 0.236. The fourth-order valence-electron chi connectivity index (χ4n) is 3.20. The molecule has 2 rings (SSSR count). The van der Waals surface area contributed by atoms with Crippen LogP contribution in [-0.2, 0) is 4.79 Å². The van der Waals surface area contributed by atoms with E-state index < -0.39 is 0 Å². The Morgan fingerprint density at radius 3 is 2.29 bits per heavy atom. The molecule has 1 aliphatic carbocycles. The molecule has 1 aromatic carbocycles. The molecule has 0 aromatic heterocycles. The molecule has 1 saturated carbocycles. The predicted octanol–water partition coefficient (Wildman–Crippen LogP) is 4.07. The molecule has 114 valence electrons. The summed E-state index contributed by atoms with van der Waals surface area (Å²) in [7, 11) is 0. The molecule has 0 unspecified atom stereocenters. The van der Waals surface area contributed by atoms with E-state index in [2.05, 4.69) is 28.2 Å². The lowest BCUT2D eigenvalue weighted by Crippen LogP contribution is -2.52. The number of carbonyl (C=O) groups excluding carboxylic acids is 2. The molecule has 3 amide bonds. The number of anilines is 1. The second-order valence-electron chi connectivity index (χ2n) is 6.00. The van der Waals surface area contributed by atoms with E-state index in [-0.39, 0.29) is 11.6 Å². The average molecular weight is 353 g/mol. The SMILES string of the molecule is Cc1cc(N(C(=O)NC=O)C2(C)CCCC2)cc(C)c1Br. The van der Waals surface area contributed by atoms with Crippen LogP contribution in [0.25, 0.3) is 0 Å². The molecule has 0 bridgehead atoms. The fraction of sp³-hybridized carbons (Fsp3) is 0.500. The number of imide groups is 1. The summed E-state index contributed by atoms with van der Waals surface area (Å²) < 4.78 is 1.05. The number of benzene rings is 1. The van der Waals surface area contributed by atoms with E-state index in [1.54, 1.807) is 4.90 Å². The Kier molecular flexibility index (Phi) is 4.71. The number of hydrogen-bond acceptors (Lipinski definition) is 2. The summed E-state index contributed by atoms with van der Waals surface area (Å²) in [5.74, 6) is 0. The third-order valence-electron chi connectivity index (χ3n) is 4.29. The lowest BCUT2D eigenvalue weighted by atomic mass is 9.96. The van der Waals surface area contributed by atoms with Gasteiger partial charge in [-0.3, -0.25) is 15.0 Å². The van der Waals surface area contributed by atoms with Crippen molar-refractivity contribution in [2.45, 2.75) is 52.0 Å². The third kappa shape index (κ3) is 3.12. The molecular formula is C16H21BrN2O2. The van der Waals surface area contributed by atoms with E-state index in [1.807, 2.05) is 26.0 Å². The zero-order valence-corrected chi connectivity index (χ0v) is 14.3. The van der Waals surface area contributed by atoms with Gasteiger partial charge in [0.15, 0.2) is 0 Å². The number of nitrogens with zero attached hydrogens (tertiary/aromatic N) is 1. The van der Waals surface area contributed by atoms with Crippen molar-refractivity contribution in [3.8, 4) is 0 Å². The number of amides is 3. The number of urea groups is 1. The minimum atomic E-state index is -0.351. The normalized spacial score (nSPS) is 16.6. The van der Waals surface area contributed by atoms with Crippen LogP contribution in [0.1, 0.15) is 43.7 Å². The molecule has 0 saturated heterocycles. The van der Waals surface area contributed by atoms with Crippen LogP contribution >= 0.6 is 15.9 Å². The molecule has 0 radical (unpaired) electrons. The van der Waals surface area contributed by atoms with Gasteiger partial charge in [-0.1, -0.05) is 28.8 Å². The summed E-state index contributed by atoms with van der Waals surface area (Å²) in [6.45, 7) is 6.11. The van der Waals surface area contributed by atoms with Crippen molar-refractivity contribution in [3.63, 3.8) is 0 Å². The molecule has 0 spiro atoms. The Labute approximate surface area is 134 Å². The van der Waals surface area contributed by atoms with E-state index in [1.165, 1.54) is 0 Å². The number of halogens is 1. The highest BCUT2D eigenvalue weighted by Gasteiger charge is 2.39. The van der Waals surface area contributed by atoms with E-state index in [9.17, 15) is 9.59 Å². The van der Waals surface area contributed by atoms with Gasteiger partial charge in [0.25, 0.3) is 0 Å². The molecule has 4 nitrogen and oxygen atoms in total. The maximum absolute atomic E-state index is 12.4. The van der Waals surface area contributed by atoms with Crippen molar-refractivity contribution in [2.75, 3.05) is 4.90 Å². The van der Waals surface area contributed by atoms with Crippen molar-refractivity contribution in [1.29, 1.82) is 0 Å². The molecule has 5 heteroatoms. The number of nitrogens with one attached hydrogen (secondary N) is 1. The van der Waals surface area contributed by atoms with Crippen LogP contribution in [-0.4, -0.2) is 18.0 Å². The van der Waals surface area contributed by atoms with Crippen molar-refractivity contribution in [1.82, 2.24) is 5.32 Å². The van der Waals surface area contributed by atoms with Crippen LogP contribution in [0.5, 0.6) is 0 Å². The highest BCUT2D eigenvalue weighted by atomic mass is 79.9. The van der Waals surface area contributed by atoms with Gasteiger partial charge in [-0.2, -0.15) is 0 Å². The molecule has 1 aliphatic rings. The van der Waals surface area contributed by atoms with Gasteiger partial charge in [0, 0.05) is 15.7 Å². The first-order valence-corrected chi connectivity index (χ1v) is 7.99. The van der Waals surface area contributed by atoms with Crippen molar-refractivity contribution in [2.24, 2.45) is 0 Å².